The van der Waals surface area contributed by atoms with Gasteiger partial charge < -0.3 is 5.32 Å². The van der Waals surface area contributed by atoms with Gasteiger partial charge in [0.25, 0.3) is 5.91 Å². The average molecular weight is 253 g/mol. The molecule has 1 saturated heterocycles. The summed E-state index contributed by atoms with van der Waals surface area (Å²) in [5.41, 5.74) is -0.476. The van der Waals surface area contributed by atoms with Crippen molar-refractivity contribution in [1.29, 1.82) is 0 Å². The fourth-order valence-corrected chi connectivity index (χ4v) is 2.63. The summed E-state index contributed by atoms with van der Waals surface area (Å²) >= 11 is 0. The maximum absolute atomic E-state index is 12.3. The van der Waals surface area contributed by atoms with Gasteiger partial charge in [-0.2, -0.15) is 0 Å². The lowest BCUT2D eigenvalue weighted by atomic mass is 9.82. The molecule has 0 aromatic rings. The van der Waals surface area contributed by atoms with E-state index >= 15 is 0 Å². The Morgan fingerprint density at radius 3 is 1.94 bits per heavy atom. The van der Waals surface area contributed by atoms with Crippen LogP contribution in [0, 0.1) is 11.8 Å². The topological polar surface area (TPSA) is 53.5 Å². The summed E-state index contributed by atoms with van der Waals surface area (Å²) in [4.78, 5) is 16.7. The van der Waals surface area contributed by atoms with Gasteiger partial charge in [-0.1, -0.05) is 27.7 Å². The zero-order valence-electron chi connectivity index (χ0n) is 12.5. The van der Waals surface area contributed by atoms with Crippen molar-refractivity contribution in [1.82, 2.24) is 10.6 Å². The molecule has 0 atom stereocenters. The first-order valence-electron chi connectivity index (χ1n) is 6.92. The molecule has 4 heteroatoms. The van der Waals surface area contributed by atoms with Crippen LogP contribution in [0.3, 0.4) is 0 Å². The monoisotopic (exact) mass is 253 g/mol. The lowest BCUT2D eigenvalue weighted by molar-refractivity contribution is -0.125. The predicted octanol–water partition coefficient (Wildman–Crippen LogP) is 2.30. The van der Waals surface area contributed by atoms with Crippen molar-refractivity contribution in [2.75, 3.05) is 0 Å². The van der Waals surface area contributed by atoms with Gasteiger partial charge in [-0.3, -0.25) is 15.1 Å². The Hall–Kier alpha value is -1.06. The van der Waals surface area contributed by atoms with Crippen molar-refractivity contribution in [3.8, 4) is 0 Å². The number of nitrogens with one attached hydrogen (secondary N) is 2. The molecule has 104 valence electrons. The van der Waals surface area contributed by atoms with Crippen molar-refractivity contribution in [2.24, 2.45) is 16.8 Å². The quantitative estimate of drug-likeness (QED) is 0.790. The molecule has 0 aromatic carbocycles. The third-order valence-corrected chi connectivity index (χ3v) is 2.92. The molecule has 1 aliphatic rings. The first-order chi connectivity index (χ1) is 8.25. The summed E-state index contributed by atoms with van der Waals surface area (Å²) in [6.07, 6.45) is 1.68. The van der Waals surface area contributed by atoms with Gasteiger partial charge in [0.1, 0.15) is 5.54 Å². The number of guanidine groups is 1. The minimum atomic E-state index is -0.476. The highest BCUT2D eigenvalue weighted by Crippen LogP contribution is 2.28. The molecule has 0 radical (unpaired) electrons. The van der Waals surface area contributed by atoms with Crippen LogP contribution in [0.25, 0.3) is 0 Å². The number of aliphatic imine (C=N–C) groups is 1. The largest absolute Gasteiger partial charge is 0.342 e. The van der Waals surface area contributed by atoms with E-state index in [-0.39, 0.29) is 11.9 Å². The summed E-state index contributed by atoms with van der Waals surface area (Å²) in [6.45, 7) is 12.6. The van der Waals surface area contributed by atoms with Crippen molar-refractivity contribution >= 4 is 11.9 Å². The molecule has 1 heterocycles. The predicted molar refractivity (Wildman–Crippen MR) is 75.5 cm³/mol. The first kappa shape index (κ1) is 15.0. The van der Waals surface area contributed by atoms with E-state index in [1.807, 2.05) is 13.8 Å². The van der Waals surface area contributed by atoms with Gasteiger partial charge in [-0.15, -0.1) is 0 Å². The fraction of sp³-hybridized carbons (Fsp3) is 0.857. The van der Waals surface area contributed by atoms with Crippen LogP contribution in [0.2, 0.25) is 0 Å². The summed E-state index contributed by atoms with van der Waals surface area (Å²) < 4.78 is 0. The third kappa shape index (κ3) is 3.72. The van der Waals surface area contributed by atoms with Crippen LogP contribution in [-0.2, 0) is 4.79 Å². The van der Waals surface area contributed by atoms with Gasteiger partial charge in [-0.05, 0) is 38.5 Å². The standard InChI is InChI=1S/C14H27N3O/c1-9(2)7-14(8-10(3)4)12(18)16-13(17-14)15-11(5)6/h9-11H,7-8H2,1-6H3,(H2,15,16,17,18). The minimum Gasteiger partial charge on any atom is -0.342 e. The van der Waals surface area contributed by atoms with E-state index in [1.54, 1.807) is 0 Å². The Balaban J connectivity index is 2.93. The Kier molecular flexibility index (Phi) is 4.77. The zero-order chi connectivity index (χ0) is 13.9. The number of hydrogen-bond acceptors (Lipinski definition) is 2. The second-order valence-electron chi connectivity index (χ2n) is 6.43. The van der Waals surface area contributed by atoms with Crippen LogP contribution in [0.1, 0.15) is 54.4 Å². The van der Waals surface area contributed by atoms with E-state index in [1.165, 1.54) is 0 Å². The van der Waals surface area contributed by atoms with Crippen LogP contribution in [-0.4, -0.2) is 23.4 Å². The van der Waals surface area contributed by atoms with Gasteiger partial charge in [0, 0.05) is 6.04 Å². The molecule has 0 bridgehead atoms. The Morgan fingerprint density at radius 2 is 1.56 bits per heavy atom. The molecule has 1 fully saturated rings. The van der Waals surface area contributed by atoms with E-state index in [0.29, 0.717) is 17.8 Å². The molecule has 0 aromatic heterocycles. The van der Waals surface area contributed by atoms with Gasteiger partial charge in [0.15, 0.2) is 5.96 Å². The Labute approximate surface area is 111 Å². The van der Waals surface area contributed by atoms with Gasteiger partial charge in [0.2, 0.25) is 0 Å². The number of rotatable bonds is 5. The van der Waals surface area contributed by atoms with Crippen LogP contribution in [0.4, 0.5) is 0 Å². The molecule has 2 N–H and O–H groups in total. The molecular weight excluding hydrogens is 226 g/mol. The molecular formula is C14H27N3O. The molecule has 0 saturated carbocycles. The molecule has 1 rings (SSSR count). The Morgan fingerprint density at radius 1 is 1.06 bits per heavy atom. The number of hydrogen-bond donors (Lipinski definition) is 2. The number of amides is 1. The zero-order valence-corrected chi connectivity index (χ0v) is 12.5. The average Bonchev–Trinajstić information content (AvgIpc) is 2.38. The molecule has 4 nitrogen and oxygen atoms in total. The molecule has 18 heavy (non-hydrogen) atoms. The summed E-state index contributed by atoms with van der Waals surface area (Å²) in [7, 11) is 0. The van der Waals surface area contributed by atoms with Crippen LogP contribution in [0.15, 0.2) is 4.99 Å². The van der Waals surface area contributed by atoms with Gasteiger partial charge >= 0.3 is 0 Å². The SMILES string of the molecule is CC(C)CC1(CC(C)C)NC(=NC(C)C)NC1=O. The van der Waals surface area contributed by atoms with Crippen molar-refractivity contribution < 1.29 is 4.79 Å². The molecule has 1 aliphatic heterocycles. The van der Waals surface area contributed by atoms with Gasteiger partial charge in [-0.25, -0.2) is 0 Å². The summed E-state index contributed by atoms with van der Waals surface area (Å²) in [5, 5.41) is 6.22. The fourth-order valence-electron chi connectivity index (χ4n) is 2.63. The first-order valence-corrected chi connectivity index (χ1v) is 6.92. The minimum absolute atomic E-state index is 0.0734. The van der Waals surface area contributed by atoms with Crippen molar-refractivity contribution in [3.63, 3.8) is 0 Å². The highest BCUT2D eigenvalue weighted by atomic mass is 16.2. The van der Waals surface area contributed by atoms with E-state index in [2.05, 4.69) is 43.3 Å². The maximum Gasteiger partial charge on any atom is 0.252 e. The second-order valence-corrected chi connectivity index (χ2v) is 6.43. The maximum atomic E-state index is 12.3. The lowest BCUT2D eigenvalue weighted by Gasteiger charge is -2.30. The molecule has 0 aliphatic carbocycles. The highest BCUT2D eigenvalue weighted by molar-refractivity contribution is 6.09. The summed E-state index contributed by atoms with van der Waals surface area (Å²) in [6, 6.07) is 0.182. The molecule has 1 amide bonds. The van der Waals surface area contributed by atoms with Gasteiger partial charge in [0.05, 0.1) is 0 Å². The van der Waals surface area contributed by atoms with Crippen LogP contribution in [0.5, 0.6) is 0 Å². The van der Waals surface area contributed by atoms with E-state index in [4.69, 9.17) is 0 Å². The second kappa shape index (κ2) is 5.72. The van der Waals surface area contributed by atoms with E-state index < -0.39 is 5.54 Å². The number of nitrogens with zero attached hydrogens (tertiary/aromatic N) is 1. The normalized spacial score (nSPS) is 20.9. The van der Waals surface area contributed by atoms with Crippen molar-refractivity contribution in [2.45, 2.75) is 66.0 Å². The van der Waals surface area contributed by atoms with Crippen LogP contribution < -0.4 is 10.6 Å². The van der Waals surface area contributed by atoms with Crippen LogP contribution >= 0.6 is 0 Å². The Bertz CT molecular complexity index is 322. The van der Waals surface area contributed by atoms with E-state index in [9.17, 15) is 4.79 Å². The van der Waals surface area contributed by atoms with E-state index in [0.717, 1.165) is 12.8 Å². The third-order valence-electron chi connectivity index (χ3n) is 2.92. The smallest absolute Gasteiger partial charge is 0.252 e. The summed E-state index contributed by atoms with van der Waals surface area (Å²) in [5.74, 6) is 1.65. The molecule has 0 spiro atoms. The number of carbonyl (C=O) groups is 1. The molecule has 0 unspecified atom stereocenters. The number of carbonyl (C=O) groups excluding carboxylic acids is 1. The van der Waals surface area contributed by atoms with Crippen molar-refractivity contribution in [3.05, 3.63) is 0 Å². The highest BCUT2D eigenvalue weighted by Gasteiger charge is 2.45. The lowest BCUT2D eigenvalue weighted by Crippen LogP contribution is -2.49.